The normalized spacial score (nSPS) is 20.2. The lowest BCUT2D eigenvalue weighted by atomic mass is 10.0. The van der Waals surface area contributed by atoms with Gasteiger partial charge in [0.15, 0.2) is 0 Å². The molecule has 0 aliphatic heterocycles. The van der Waals surface area contributed by atoms with E-state index in [1.54, 1.807) is 7.05 Å². The van der Waals surface area contributed by atoms with Crippen molar-refractivity contribution in [1.82, 2.24) is 4.31 Å². The monoisotopic (exact) mass is 283 g/mol. The summed E-state index contributed by atoms with van der Waals surface area (Å²) in [5, 5.41) is 0.579. The summed E-state index contributed by atoms with van der Waals surface area (Å²) in [4.78, 5) is 0. The second kappa shape index (κ2) is 5.47. The van der Waals surface area contributed by atoms with Crippen molar-refractivity contribution < 1.29 is 8.42 Å². The molecule has 84 valence electrons. The molecule has 0 saturated heterocycles. The molecule has 1 saturated carbocycles. The Bertz CT molecular complexity index is 260. The van der Waals surface area contributed by atoms with Gasteiger partial charge in [-0.05, 0) is 12.8 Å². The molecule has 0 aromatic carbocycles. The van der Waals surface area contributed by atoms with Gasteiger partial charge in [-0.3, -0.25) is 0 Å². The molecule has 3 nitrogen and oxygen atoms in total. The average Bonchev–Trinajstić information content (AvgIpc) is 2.19. The quantitative estimate of drug-likeness (QED) is 0.740. The first-order chi connectivity index (χ1) is 6.59. The topological polar surface area (TPSA) is 37.4 Å². The van der Waals surface area contributed by atoms with Crippen molar-refractivity contribution in [1.29, 1.82) is 0 Å². The fourth-order valence-electron chi connectivity index (χ4n) is 1.86. The van der Waals surface area contributed by atoms with Gasteiger partial charge in [-0.2, -0.15) is 0 Å². The molecule has 0 aromatic heterocycles. The van der Waals surface area contributed by atoms with E-state index in [2.05, 4.69) is 15.9 Å². The number of alkyl halides is 1. The Morgan fingerprint density at radius 2 is 1.86 bits per heavy atom. The molecule has 0 N–H and O–H groups in total. The van der Waals surface area contributed by atoms with Gasteiger partial charge in [0.25, 0.3) is 0 Å². The number of hydrogen-bond donors (Lipinski definition) is 0. The minimum absolute atomic E-state index is 0.125. The van der Waals surface area contributed by atoms with Crippen LogP contribution in [0, 0.1) is 0 Å². The summed E-state index contributed by atoms with van der Waals surface area (Å²) in [5.74, 6) is 0. The van der Waals surface area contributed by atoms with Crippen LogP contribution in [-0.2, 0) is 10.0 Å². The highest BCUT2D eigenvalue weighted by molar-refractivity contribution is 9.09. The SMILES string of the molecule is CN(CCBr)S(=O)(=O)C1CCCCC1. The smallest absolute Gasteiger partial charge is 0.212 e. The van der Waals surface area contributed by atoms with Crippen molar-refractivity contribution in [3.63, 3.8) is 0 Å². The Morgan fingerprint density at radius 3 is 2.36 bits per heavy atom. The molecular formula is C9H18BrNO2S. The first-order valence-electron chi connectivity index (χ1n) is 5.10. The number of hydrogen-bond acceptors (Lipinski definition) is 2. The molecule has 0 unspecified atom stereocenters. The van der Waals surface area contributed by atoms with Gasteiger partial charge in [0.1, 0.15) is 0 Å². The maximum absolute atomic E-state index is 12.0. The van der Waals surface area contributed by atoms with Crippen LogP contribution in [0.1, 0.15) is 32.1 Å². The van der Waals surface area contributed by atoms with E-state index in [-0.39, 0.29) is 5.25 Å². The second-order valence-corrected chi connectivity index (χ2v) is 6.93. The predicted molar refractivity (Wildman–Crippen MR) is 62.2 cm³/mol. The average molecular weight is 284 g/mol. The molecule has 14 heavy (non-hydrogen) atoms. The molecule has 1 aliphatic carbocycles. The van der Waals surface area contributed by atoms with Crippen molar-refractivity contribution in [3.05, 3.63) is 0 Å². The Labute approximate surface area is 95.0 Å². The Hall–Kier alpha value is 0.390. The maximum Gasteiger partial charge on any atom is 0.216 e. The van der Waals surface area contributed by atoms with Gasteiger partial charge in [0, 0.05) is 18.9 Å². The van der Waals surface area contributed by atoms with Crippen molar-refractivity contribution in [2.75, 3.05) is 18.9 Å². The number of sulfonamides is 1. The molecule has 0 spiro atoms. The summed E-state index contributed by atoms with van der Waals surface area (Å²) >= 11 is 3.26. The van der Waals surface area contributed by atoms with Gasteiger partial charge in [0.2, 0.25) is 10.0 Å². The summed E-state index contributed by atoms with van der Waals surface area (Å²) in [7, 11) is -1.35. The van der Waals surface area contributed by atoms with Crippen LogP contribution < -0.4 is 0 Å². The summed E-state index contributed by atoms with van der Waals surface area (Å²) < 4.78 is 25.4. The highest BCUT2D eigenvalue weighted by Gasteiger charge is 2.30. The molecule has 0 atom stereocenters. The molecule has 0 radical (unpaired) electrons. The lowest BCUT2D eigenvalue weighted by Crippen LogP contribution is -2.38. The summed E-state index contributed by atoms with van der Waals surface area (Å²) in [5.41, 5.74) is 0. The molecular weight excluding hydrogens is 266 g/mol. The van der Waals surface area contributed by atoms with Crippen LogP contribution in [0.15, 0.2) is 0 Å². The number of nitrogens with zero attached hydrogens (tertiary/aromatic N) is 1. The van der Waals surface area contributed by atoms with E-state index in [9.17, 15) is 8.42 Å². The molecule has 1 fully saturated rings. The molecule has 0 amide bonds. The third kappa shape index (κ3) is 2.94. The lowest BCUT2D eigenvalue weighted by Gasteiger charge is -2.26. The standard InChI is InChI=1S/C9H18BrNO2S/c1-11(8-7-10)14(12,13)9-5-3-2-4-6-9/h9H,2-8H2,1H3. The van der Waals surface area contributed by atoms with Crippen LogP contribution in [0.4, 0.5) is 0 Å². The van der Waals surface area contributed by atoms with Crippen LogP contribution in [0.2, 0.25) is 0 Å². The van der Waals surface area contributed by atoms with E-state index in [1.807, 2.05) is 0 Å². The summed E-state index contributed by atoms with van der Waals surface area (Å²) in [6, 6.07) is 0. The van der Waals surface area contributed by atoms with Crippen molar-refractivity contribution in [2.24, 2.45) is 0 Å². The fraction of sp³-hybridized carbons (Fsp3) is 1.00. The molecule has 0 bridgehead atoms. The van der Waals surface area contributed by atoms with E-state index >= 15 is 0 Å². The van der Waals surface area contributed by atoms with Crippen molar-refractivity contribution in [3.8, 4) is 0 Å². The van der Waals surface area contributed by atoms with Gasteiger partial charge in [-0.15, -0.1) is 0 Å². The highest BCUT2D eigenvalue weighted by Crippen LogP contribution is 2.25. The molecule has 1 aliphatic rings. The van der Waals surface area contributed by atoms with Crippen LogP contribution in [0.3, 0.4) is 0 Å². The zero-order chi connectivity index (χ0) is 10.6. The van der Waals surface area contributed by atoms with Gasteiger partial charge >= 0.3 is 0 Å². The fourth-order valence-corrected chi connectivity index (χ4v) is 4.41. The zero-order valence-corrected chi connectivity index (χ0v) is 11.0. The van der Waals surface area contributed by atoms with Crippen molar-refractivity contribution >= 4 is 26.0 Å². The molecule has 0 aromatic rings. The van der Waals surface area contributed by atoms with E-state index in [4.69, 9.17) is 0 Å². The molecule has 0 heterocycles. The lowest BCUT2D eigenvalue weighted by molar-refractivity contribution is 0.435. The Morgan fingerprint density at radius 1 is 1.29 bits per heavy atom. The van der Waals surface area contributed by atoms with E-state index in [1.165, 1.54) is 10.7 Å². The third-order valence-electron chi connectivity index (χ3n) is 2.81. The Kier molecular flexibility index (Phi) is 4.87. The predicted octanol–water partition coefficient (Wildman–Crippen LogP) is 1.98. The number of rotatable bonds is 4. The molecule has 1 rings (SSSR count). The van der Waals surface area contributed by atoms with Gasteiger partial charge in [0.05, 0.1) is 5.25 Å². The zero-order valence-electron chi connectivity index (χ0n) is 8.58. The summed E-state index contributed by atoms with van der Waals surface area (Å²) in [6.45, 7) is 0.568. The Balaban J connectivity index is 2.62. The molecule has 5 heteroatoms. The van der Waals surface area contributed by atoms with Crippen LogP contribution >= 0.6 is 15.9 Å². The first kappa shape index (κ1) is 12.5. The highest BCUT2D eigenvalue weighted by atomic mass is 79.9. The first-order valence-corrected chi connectivity index (χ1v) is 7.72. The number of halogens is 1. The van der Waals surface area contributed by atoms with Gasteiger partial charge < -0.3 is 0 Å². The van der Waals surface area contributed by atoms with Gasteiger partial charge in [-0.1, -0.05) is 35.2 Å². The third-order valence-corrected chi connectivity index (χ3v) is 5.53. The van der Waals surface area contributed by atoms with Crippen LogP contribution in [0.5, 0.6) is 0 Å². The second-order valence-electron chi connectivity index (χ2n) is 3.82. The van der Waals surface area contributed by atoms with E-state index in [0.717, 1.165) is 25.7 Å². The summed E-state index contributed by atoms with van der Waals surface area (Å²) in [6.07, 6.45) is 5.00. The van der Waals surface area contributed by atoms with Gasteiger partial charge in [-0.25, -0.2) is 12.7 Å². The minimum Gasteiger partial charge on any atom is -0.212 e. The minimum atomic E-state index is -3.02. The maximum atomic E-state index is 12.0. The van der Waals surface area contributed by atoms with E-state index in [0.29, 0.717) is 11.9 Å². The van der Waals surface area contributed by atoms with Crippen LogP contribution in [0.25, 0.3) is 0 Å². The van der Waals surface area contributed by atoms with Crippen LogP contribution in [-0.4, -0.2) is 36.9 Å². The van der Waals surface area contributed by atoms with E-state index < -0.39 is 10.0 Å². The van der Waals surface area contributed by atoms with Crippen molar-refractivity contribution in [2.45, 2.75) is 37.4 Å². The largest absolute Gasteiger partial charge is 0.216 e.